The van der Waals surface area contributed by atoms with E-state index in [1.165, 1.54) is 11.9 Å². The van der Waals surface area contributed by atoms with Gasteiger partial charge >= 0.3 is 6.09 Å². The second-order valence-electron chi connectivity index (χ2n) is 6.27. The molecule has 1 amide bonds. The molecule has 5 atom stereocenters. The van der Waals surface area contributed by atoms with Crippen LogP contribution in [-0.2, 0) is 9.47 Å². The number of aliphatic hydroxyl groups is 3. The van der Waals surface area contributed by atoms with Crippen LogP contribution in [0.15, 0.2) is 4.99 Å². The molecule has 0 radical (unpaired) electrons. The third-order valence-electron chi connectivity index (χ3n) is 3.28. The summed E-state index contributed by atoms with van der Waals surface area (Å²) in [6.45, 7) is 4.88. The van der Waals surface area contributed by atoms with Crippen molar-refractivity contribution in [1.82, 2.24) is 4.90 Å². The fourth-order valence-electron chi connectivity index (χ4n) is 2.14. The predicted octanol–water partition coefficient (Wildman–Crippen LogP) is -0.236. The molecule has 1 fully saturated rings. The van der Waals surface area contributed by atoms with Crippen molar-refractivity contribution in [2.24, 2.45) is 4.99 Å². The second kappa shape index (κ2) is 6.32. The molecule has 0 bridgehead atoms. The van der Waals surface area contributed by atoms with Crippen molar-refractivity contribution in [3.63, 3.8) is 0 Å². The van der Waals surface area contributed by atoms with Crippen molar-refractivity contribution in [2.45, 2.75) is 56.2 Å². The molecule has 2 rings (SSSR count). The molecule has 3 N–H and O–H groups in total. The summed E-state index contributed by atoms with van der Waals surface area (Å²) in [6.07, 6.45) is -3.81. The van der Waals surface area contributed by atoms with Crippen LogP contribution in [0.25, 0.3) is 0 Å². The molecule has 2 heterocycles. The highest BCUT2D eigenvalue weighted by molar-refractivity contribution is 8.14. The number of nitrogens with zero attached hydrogens (tertiary/aromatic N) is 2. The van der Waals surface area contributed by atoms with Crippen LogP contribution in [0.3, 0.4) is 0 Å². The first-order valence-corrected chi connectivity index (χ1v) is 7.85. The maximum atomic E-state index is 12.0. The molecule has 1 saturated heterocycles. The maximum absolute atomic E-state index is 12.0. The van der Waals surface area contributed by atoms with Gasteiger partial charge in [0.05, 0.1) is 6.61 Å². The maximum Gasteiger partial charge on any atom is 0.416 e. The molecule has 0 aliphatic carbocycles. The molecule has 0 saturated carbocycles. The lowest BCUT2D eigenvalue weighted by Gasteiger charge is -2.37. The first-order valence-electron chi connectivity index (χ1n) is 6.97. The Labute approximate surface area is 133 Å². The van der Waals surface area contributed by atoms with E-state index in [4.69, 9.17) is 14.6 Å². The Morgan fingerprint density at radius 3 is 2.59 bits per heavy atom. The van der Waals surface area contributed by atoms with Crippen LogP contribution < -0.4 is 0 Å². The van der Waals surface area contributed by atoms with E-state index in [1.807, 2.05) is 0 Å². The SMILES string of the molecule is CN(C(=O)OC(C)(C)C)C1=N[C@@H]2[C@@H](O)[C@@H](O)[C@@H](CO)O[C@@H]2S1. The predicted molar refractivity (Wildman–Crippen MR) is 80.6 cm³/mol. The van der Waals surface area contributed by atoms with Gasteiger partial charge in [-0.15, -0.1) is 0 Å². The third kappa shape index (κ3) is 3.54. The highest BCUT2D eigenvalue weighted by Crippen LogP contribution is 2.37. The van der Waals surface area contributed by atoms with Gasteiger partial charge in [-0.3, -0.25) is 9.89 Å². The number of hydrogen-bond acceptors (Lipinski definition) is 8. The Morgan fingerprint density at radius 2 is 2.05 bits per heavy atom. The van der Waals surface area contributed by atoms with Crippen molar-refractivity contribution >= 4 is 23.0 Å². The van der Waals surface area contributed by atoms with Gasteiger partial charge in [0.2, 0.25) is 0 Å². The van der Waals surface area contributed by atoms with Crippen molar-refractivity contribution in [3.05, 3.63) is 0 Å². The minimum Gasteiger partial charge on any atom is -0.443 e. The van der Waals surface area contributed by atoms with Crippen molar-refractivity contribution < 1.29 is 29.6 Å². The standard InChI is InChI=1S/C13H22N2O6S/c1-13(2,3)21-12(19)15(4)11-14-7-9(18)8(17)6(5-16)20-10(7)22-11/h6-10,16-18H,5H2,1-4H3/t6-,7-,8+,9-,10-/m1/s1. The number of aliphatic imine (C=N–C) groups is 1. The summed E-state index contributed by atoms with van der Waals surface area (Å²) in [6, 6.07) is -0.692. The number of amidine groups is 1. The first-order chi connectivity index (χ1) is 10.1. The zero-order valence-electron chi connectivity index (χ0n) is 13.0. The average molecular weight is 334 g/mol. The summed E-state index contributed by atoms with van der Waals surface area (Å²) < 4.78 is 10.8. The van der Waals surface area contributed by atoms with Gasteiger partial charge in [-0.25, -0.2) is 4.79 Å². The molecular weight excluding hydrogens is 312 g/mol. The molecule has 22 heavy (non-hydrogen) atoms. The van der Waals surface area contributed by atoms with Gasteiger partial charge in [0.15, 0.2) is 5.17 Å². The smallest absolute Gasteiger partial charge is 0.416 e. The van der Waals surface area contributed by atoms with Gasteiger partial charge in [-0.05, 0) is 20.8 Å². The number of hydrogen-bond donors (Lipinski definition) is 3. The van der Waals surface area contributed by atoms with Crippen LogP contribution in [0.5, 0.6) is 0 Å². The highest BCUT2D eigenvalue weighted by Gasteiger charge is 2.49. The quantitative estimate of drug-likeness (QED) is 0.607. The van der Waals surface area contributed by atoms with Crippen molar-refractivity contribution in [3.8, 4) is 0 Å². The summed E-state index contributed by atoms with van der Waals surface area (Å²) in [4.78, 5) is 17.5. The van der Waals surface area contributed by atoms with Crippen LogP contribution in [0.2, 0.25) is 0 Å². The van der Waals surface area contributed by atoms with Crippen molar-refractivity contribution in [1.29, 1.82) is 0 Å². The zero-order chi connectivity index (χ0) is 16.7. The van der Waals surface area contributed by atoms with E-state index in [2.05, 4.69) is 4.99 Å². The van der Waals surface area contributed by atoms with Crippen LogP contribution in [-0.4, -0.2) is 80.5 Å². The summed E-state index contributed by atoms with van der Waals surface area (Å²) >= 11 is 1.15. The Bertz CT molecular complexity index is 466. The number of rotatable bonds is 1. The summed E-state index contributed by atoms with van der Waals surface area (Å²) in [7, 11) is 1.52. The van der Waals surface area contributed by atoms with E-state index < -0.39 is 48.1 Å². The summed E-state index contributed by atoms with van der Waals surface area (Å²) in [5.74, 6) is 0. The number of thioether (sulfide) groups is 1. The Balaban J connectivity index is 2.08. The van der Waals surface area contributed by atoms with E-state index in [0.29, 0.717) is 5.17 Å². The fourth-order valence-corrected chi connectivity index (χ4v) is 3.32. The zero-order valence-corrected chi connectivity index (χ0v) is 13.8. The molecule has 0 aromatic rings. The molecule has 0 aromatic carbocycles. The largest absolute Gasteiger partial charge is 0.443 e. The van der Waals surface area contributed by atoms with Gasteiger partial charge in [0, 0.05) is 7.05 Å². The van der Waals surface area contributed by atoms with Crippen molar-refractivity contribution in [2.75, 3.05) is 13.7 Å². The Kier molecular flexibility index (Phi) is 5.03. The first kappa shape index (κ1) is 17.5. The monoisotopic (exact) mass is 334 g/mol. The molecule has 2 aliphatic rings. The number of amides is 1. The number of aliphatic hydroxyl groups excluding tert-OH is 3. The summed E-state index contributed by atoms with van der Waals surface area (Å²) in [5, 5.41) is 29.4. The number of fused-ring (bicyclic) bond motifs is 1. The van der Waals surface area contributed by atoms with E-state index in [9.17, 15) is 15.0 Å². The Morgan fingerprint density at radius 1 is 1.41 bits per heavy atom. The van der Waals surface area contributed by atoms with E-state index in [-0.39, 0.29) is 0 Å². The fraction of sp³-hybridized carbons (Fsp3) is 0.846. The van der Waals surface area contributed by atoms with Gasteiger partial charge in [0.25, 0.3) is 0 Å². The minimum absolute atomic E-state index is 0.342. The van der Waals surface area contributed by atoms with Crippen LogP contribution in [0.1, 0.15) is 20.8 Å². The molecule has 0 unspecified atom stereocenters. The Hall–Kier alpha value is -0.870. The molecule has 9 heteroatoms. The molecule has 8 nitrogen and oxygen atoms in total. The van der Waals surface area contributed by atoms with Gasteiger partial charge in [-0.1, -0.05) is 11.8 Å². The minimum atomic E-state index is -1.22. The number of carbonyl (C=O) groups excluding carboxylic acids is 1. The average Bonchev–Trinajstić information content (AvgIpc) is 2.84. The topological polar surface area (TPSA) is 112 Å². The summed E-state index contributed by atoms with van der Waals surface area (Å²) in [5.41, 5.74) is -1.19. The third-order valence-corrected chi connectivity index (χ3v) is 4.50. The van der Waals surface area contributed by atoms with E-state index in [1.54, 1.807) is 20.8 Å². The lowest BCUT2D eigenvalue weighted by Crippen LogP contribution is -2.55. The highest BCUT2D eigenvalue weighted by atomic mass is 32.2. The molecule has 0 spiro atoms. The van der Waals surface area contributed by atoms with Gasteiger partial charge in [-0.2, -0.15) is 0 Å². The normalized spacial score (nSPS) is 34.9. The number of carbonyl (C=O) groups is 1. The van der Waals surface area contributed by atoms with Gasteiger partial charge in [0.1, 0.15) is 35.4 Å². The van der Waals surface area contributed by atoms with Gasteiger partial charge < -0.3 is 24.8 Å². The molecule has 0 aromatic heterocycles. The van der Waals surface area contributed by atoms with E-state index >= 15 is 0 Å². The van der Waals surface area contributed by atoms with E-state index in [0.717, 1.165) is 11.8 Å². The van der Waals surface area contributed by atoms with Crippen LogP contribution in [0.4, 0.5) is 4.79 Å². The molecular formula is C13H22N2O6S. The molecule has 2 aliphatic heterocycles. The molecule has 126 valence electrons. The van der Waals surface area contributed by atoms with Crippen LogP contribution >= 0.6 is 11.8 Å². The lowest BCUT2D eigenvalue weighted by molar-refractivity contribution is -0.164. The number of ether oxygens (including phenoxy) is 2. The van der Waals surface area contributed by atoms with Crippen LogP contribution in [0, 0.1) is 0 Å². The lowest BCUT2D eigenvalue weighted by atomic mass is 9.99. The second-order valence-corrected chi connectivity index (χ2v) is 7.33.